The third-order valence-electron chi connectivity index (χ3n) is 5.46. The molecule has 1 fully saturated rings. The number of carbonyl (C=O) groups excluding carboxylic acids is 1. The number of thiazole rings is 1. The zero-order valence-corrected chi connectivity index (χ0v) is 18.3. The van der Waals surface area contributed by atoms with E-state index in [4.69, 9.17) is 0 Å². The first-order valence-electron chi connectivity index (χ1n) is 10.5. The van der Waals surface area contributed by atoms with Crippen LogP contribution in [-0.4, -0.2) is 42.2 Å². The van der Waals surface area contributed by atoms with Gasteiger partial charge in [0.2, 0.25) is 5.82 Å². The molecule has 1 amide bonds. The molecule has 33 heavy (non-hydrogen) atoms. The molecular weight excluding hydrogens is 440 g/mol. The van der Waals surface area contributed by atoms with Crippen molar-refractivity contribution in [1.82, 2.24) is 25.2 Å². The quantitative estimate of drug-likeness (QED) is 0.437. The van der Waals surface area contributed by atoms with E-state index in [0.717, 1.165) is 35.1 Å². The van der Waals surface area contributed by atoms with E-state index in [1.807, 2.05) is 53.1 Å². The number of carboxylic acids is 1. The lowest BCUT2D eigenvalue weighted by molar-refractivity contribution is -0.136. The van der Waals surface area contributed by atoms with Crippen molar-refractivity contribution in [3.8, 4) is 22.5 Å². The van der Waals surface area contributed by atoms with Gasteiger partial charge in [-0.25, -0.2) is 0 Å². The fourth-order valence-electron chi connectivity index (χ4n) is 3.61. The maximum absolute atomic E-state index is 12.2. The van der Waals surface area contributed by atoms with Gasteiger partial charge in [0, 0.05) is 22.6 Å². The molecule has 0 aliphatic heterocycles. The van der Waals surface area contributed by atoms with E-state index in [9.17, 15) is 14.7 Å². The first-order valence-corrected chi connectivity index (χ1v) is 11.4. The van der Waals surface area contributed by atoms with E-state index < -0.39 is 5.97 Å². The van der Waals surface area contributed by atoms with Crippen LogP contribution < -0.4 is 4.80 Å². The van der Waals surface area contributed by atoms with Crippen LogP contribution in [0.3, 0.4) is 0 Å². The highest BCUT2D eigenvalue weighted by atomic mass is 32.1. The maximum atomic E-state index is 12.2. The number of hydrogen-bond acceptors (Lipinski definition) is 6. The molecule has 2 aromatic carbocycles. The van der Waals surface area contributed by atoms with Crippen LogP contribution in [0, 0.1) is 5.92 Å². The molecule has 0 radical (unpaired) electrons. The lowest BCUT2D eigenvalue weighted by Crippen LogP contribution is -2.21. The molecule has 0 bridgehead atoms. The highest BCUT2D eigenvalue weighted by molar-refractivity contribution is 7.07. The van der Waals surface area contributed by atoms with Gasteiger partial charge in [-0.05, 0) is 34.7 Å². The van der Waals surface area contributed by atoms with Gasteiger partial charge in [0.05, 0.1) is 13.0 Å². The Morgan fingerprint density at radius 1 is 1.12 bits per heavy atom. The smallest absolute Gasteiger partial charge is 0.309 e. The maximum Gasteiger partial charge on any atom is 0.309 e. The van der Waals surface area contributed by atoms with Crippen LogP contribution in [0.15, 0.2) is 58.9 Å². The Morgan fingerprint density at radius 3 is 2.55 bits per heavy atom. The number of hydrogen-bond donors (Lipinski definition) is 2. The molecular formula is C23H20N6O3S. The Bertz CT molecular complexity index is 1370. The highest BCUT2D eigenvalue weighted by Crippen LogP contribution is 2.31. The van der Waals surface area contributed by atoms with Crippen LogP contribution in [0.4, 0.5) is 0 Å². The number of carbonyl (C=O) groups is 2. The first-order chi connectivity index (χ1) is 16.1. The fourth-order valence-corrected chi connectivity index (χ4v) is 4.52. The lowest BCUT2D eigenvalue weighted by atomic mass is 9.98. The Morgan fingerprint density at radius 2 is 1.88 bits per heavy atom. The summed E-state index contributed by atoms with van der Waals surface area (Å²) in [5, 5.41) is 25.4. The molecule has 0 unspecified atom stereocenters. The average molecular weight is 461 g/mol. The zero-order chi connectivity index (χ0) is 22.8. The van der Waals surface area contributed by atoms with Gasteiger partial charge in [-0.2, -0.15) is 10.2 Å². The number of nitrogens with zero attached hydrogens (tertiary/aromatic N) is 5. The van der Waals surface area contributed by atoms with E-state index in [2.05, 4.69) is 25.6 Å². The SMILES string of the molecule is O=C(O)Cc1csc(=NC(=O)C2CC2)n1Cc1ccc(-c2ccccc2-c2nn[nH]n2)cc1. The third-order valence-corrected chi connectivity index (χ3v) is 6.37. The molecule has 10 heteroatoms. The third kappa shape index (κ3) is 4.65. The zero-order valence-electron chi connectivity index (χ0n) is 17.5. The van der Waals surface area contributed by atoms with Gasteiger partial charge >= 0.3 is 5.97 Å². The number of aromatic nitrogens is 5. The van der Waals surface area contributed by atoms with Crippen molar-refractivity contribution in [3.05, 3.63) is 70.0 Å². The first kappa shape index (κ1) is 21.0. The summed E-state index contributed by atoms with van der Waals surface area (Å²) in [5.74, 6) is -0.508. The molecule has 9 nitrogen and oxygen atoms in total. The number of tetrazole rings is 1. The van der Waals surface area contributed by atoms with Crippen LogP contribution in [0.1, 0.15) is 24.1 Å². The van der Waals surface area contributed by atoms with E-state index >= 15 is 0 Å². The Labute approximate surface area is 192 Å². The summed E-state index contributed by atoms with van der Waals surface area (Å²) in [6, 6.07) is 15.8. The molecule has 0 saturated heterocycles. The van der Waals surface area contributed by atoms with Crippen molar-refractivity contribution in [2.45, 2.75) is 25.8 Å². The van der Waals surface area contributed by atoms with Crippen molar-refractivity contribution in [2.75, 3.05) is 0 Å². The minimum atomic E-state index is -0.921. The molecule has 1 saturated carbocycles. The number of nitrogens with one attached hydrogen (secondary N) is 1. The van der Waals surface area contributed by atoms with Gasteiger partial charge in [-0.15, -0.1) is 21.5 Å². The predicted molar refractivity (Wildman–Crippen MR) is 121 cm³/mol. The Hall–Kier alpha value is -3.92. The van der Waals surface area contributed by atoms with Gasteiger partial charge in [0.25, 0.3) is 5.91 Å². The normalized spacial score (nSPS) is 13.9. The Kier molecular flexibility index (Phi) is 5.66. The molecule has 5 rings (SSSR count). The summed E-state index contributed by atoms with van der Waals surface area (Å²) in [6.45, 7) is 0.426. The minimum absolute atomic E-state index is 0.0158. The van der Waals surface area contributed by atoms with E-state index in [-0.39, 0.29) is 18.2 Å². The number of carboxylic acid groups (broad SMARTS) is 1. The number of aliphatic carboxylic acids is 1. The van der Waals surface area contributed by atoms with Gasteiger partial charge < -0.3 is 9.67 Å². The van der Waals surface area contributed by atoms with Crippen LogP contribution in [-0.2, 0) is 22.6 Å². The van der Waals surface area contributed by atoms with Crippen LogP contribution in [0.25, 0.3) is 22.5 Å². The molecule has 2 heterocycles. The second-order valence-electron chi connectivity index (χ2n) is 7.87. The van der Waals surface area contributed by atoms with Crippen LogP contribution in [0.5, 0.6) is 0 Å². The van der Waals surface area contributed by atoms with Gasteiger partial charge in [0.1, 0.15) is 0 Å². The highest BCUT2D eigenvalue weighted by Gasteiger charge is 2.29. The second kappa shape index (κ2) is 8.91. The van der Waals surface area contributed by atoms with Crippen molar-refractivity contribution in [1.29, 1.82) is 0 Å². The largest absolute Gasteiger partial charge is 0.481 e. The molecule has 0 spiro atoms. The van der Waals surface area contributed by atoms with E-state index in [1.54, 1.807) is 5.38 Å². The summed E-state index contributed by atoms with van der Waals surface area (Å²) in [6.07, 6.45) is 1.63. The molecule has 0 atom stereocenters. The summed E-state index contributed by atoms with van der Waals surface area (Å²) in [7, 11) is 0. The monoisotopic (exact) mass is 460 g/mol. The summed E-state index contributed by atoms with van der Waals surface area (Å²) in [4.78, 5) is 28.4. The van der Waals surface area contributed by atoms with Gasteiger partial charge in [0.15, 0.2) is 4.80 Å². The number of benzene rings is 2. The molecule has 4 aromatic rings. The van der Waals surface area contributed by atoms with Crippen LogP contribution in [0.2, 0.25) is 0 Å². The number of H-pyrrole nitrogens is 1. The molecule has 2 N–H and O–H groups in total. The Balaban J connectivity index is 1.45. The summed E-state index contributed by atoms with van der Waals surface area (Å²) < 4.78 is 1.82. The van der Waals surface area contributed by atoms with Crippen molar-refractivity contribution < 1.29 is 14.7 Å². The number of aromatic amines is 1. The molecule has 1 aliphatic rings. The second-order valence-corrected chi connectivity index (χ2v) is 8.71. The molecule has 2 aromatic heterocycles. The van der Waals surface area contributed by atoms with Gasteiger partial charge in [-0.1, -0.05) is 48.5 Å². The number of rotatable bonds is 7. The predicted octanol–water partition coefficient (Wildman–Crippen LogP) is 2.91. The average Bonchev–Trinajstić information content (AvgIpc) is 3.42. The fraction of sp³-hybridized carbons (Fsp3) is 0.217. The van der Waals surface area contributed by atoms with Crippen LogP contribution >= 0.6 is 11.3 Å². The van der Waals surface area contributed by atoms with E-state index in [1.165, 1.54) is 11.3 Å². The molecule has 166 valence electrons. The summed E-state index contributed by atoms with van der Waals surface area (Å²) >= 11 is 1.30. The molecule has 1 aliphatic carbocycles. The van der Waals surface area contributed by atoms with Crippen molar-refractivity contribution in [3.63, 3.8) is 0 Å². The van der Waals surface area contributed by atoms with E-state index in [0.29, 0.717) is 22.9 Å². The summed E-state index contributed by atoms with van der Waals surface area (Å²) in [5.41, 5.74) is 4.44. The van der Waals surface area contributed by atoms with Gasteiger partial charge in [-0.3, -0.25) is 9.59 Å². The minimum Gasteiger partial charge on any atom is -0.481 e. The number of amides is 1. The topological polar surface area (TPSA) is 126 Å². The lowest BCUT2D eigenvalue weighted by Gasteiger charge is -2.10. The standard InChI is InChI=1S/C23H20N6O3S/c30-20(31)11-17-13-33-23(24-22(32)16-9-10-16)29(17)12-14-5-7-15(8-6-14)18-3-1-2-4-19(18)21-25-27-28-26-21/h1-8,13,16H,9-12H2,(H,30,31)(H,25,26,27,28). The van der Waals surface area contributed by atoms with Crippen molar-refractivity contribution >= 4 is 23.2 Å². The van der Waals surface area contributed by atoms with Crippen molar-refractivity contribution in [2.24, 2.45) is 10.9 Å².